The Balaban J connectivity index is 2.36. The predicted octanol–water partition coefficient (Wildman–Crippen LogP) is 2.62. The zero-order chi connectivity index (χ0) is 12.3. The minimum Gasteiger partial charge on any atom is -0.507 e. The number of rotatable bonds is 4. The standard InChI is InChI=1S/C12H12ClNO3/c1-16-5-6-17-11-7-10(15)8-3-2-4-9(13)12(8)14-11/h2-4,7H,5-6H2,1H3,(H,14,15). The molecular formula is C12H12ClNO3. The van der Waals surface area contributed by atoms with Crippen LogP contribution < -0.4 is 4.74 Å². The van der Waals surface area contributed by atoms with Crippen molar-refractivity contribution >= 4 is 22.5 Å². The van der Waals surface area contributed by atoms with Gasteiger partial charge in [-0.25, -0.2) is 4.98 Å². The van der Waals surface area contributed by atoms with Crippen molar-refractivity contribution in [2.45, 2.75) is 0 Å². The lowest BCUT2D eigenvalue weighted by atomic mass is 10.2. The van der Waals surface area contributed by atoms with Crippen molar-refractivity contribution in [3.8, 4) is 11.6 Å². The first-order valence-electron chi connectivity index (χ1n) is 5.12. The summed E-state index contributed by atoms with van der Waals surface area (Å²) in [6.45, 7) is 0.835. The second-order valence-electron chi connectivity index (χ2n) is 3.46. The molecule has 2 aromatic rings. The van der Waals surface area contributed by atoms with Gasteiger partial charge in [0, 0.05) is 18.6 Å². The van der Waals surface area contributed by atoms with Gasteiger partial charge in [-0.3, -0.25) is 0 Å². The Bertz CT molecular complexity index is 530. The molecular weight excluding hydrogens is 242 g/mol. The molecule has 0 saturated heterocycles. The second kappa shape index (κ2) is 5.21. The summed E-state index contributed by atoms with van der Waals surface area (Å²) in [5.41, 5.74) is 0.529. The Hall–Kier alpha value is -1.52. The SMILES string of the molecule is COCCOc1cc(O)c2cccc(Cl)c2n1. The van der Waals surface area contributed by atoms with Crippen molar-refractivity contribution in [3.63, 3.8) is 0 Å². The fourth-order valence-electron chi connectivity index (χ4n) is 1.48. The zero-order valence-electron chi connectivity index (χ0n) is 9.31. The zero-order valence-corrected chi connectivity index (χ0v) is 10.1. The first kappa shape index (κ1) is 12.0. The van der Waals surface area contributed by atoms with Gasteiger partial charge in [-0.05, 0) is 12.1 Å². The van der Waals surface area contributed by atoms with Crippen molar-refractivity contribution in [2.75, 3.05) is 20.3 Å². The number of halogens is 1. The minimum absolute atomic E-state index is 0.102. The molecule has 1 aromatic heterocycles. The van der Waals surface area contributed by atoms with E-state index in [0.29, 0.717) is 35.0 Å². The van der Waals surface area contributed by atoms with Gasteiger partial charge >= 0.3 is 0 Å². The van der Waals surface area contributed by atoms with Crippen molar-refractivity contribution in [3.05, 3.63) is 29.3 Å². The second-order valence-corrected chi connectivity index (χ2v) is 3.86. The van der Waals surface area contributed by atoms with Gasteiger partial charge in [0.2, 0.25) is 5.88 Å². The number of fused-ring (bicyclic) bond motifs is 1. The molecule has 1 N–H and O–H groups in total. The van der Waals surface area contributed by atoms with Crippen LogP contribution in [0.4, 0.5) is 0 Å². The van der Waals surface area contributed by atoms with E-state index in [0.717, 1.165) is 0 Å². The van der Waals surface area contributed by atoms with Gasteiger partial charge in [0.15, 0.2) is 0 Å². The lowest BCUT2D eigenvalue weighted by molar-refractivity contribution is 0.144. The highest BCUT2D eigenvalue weighted by Gasteiger charge is 2.08. The van der Waals surface area contributed by atoms with Crippen molar-refractivity contribution in [1.29, 1.82) is 0 Å². The number of aromatic nitrogens is 1. The van der Waals surface area contributed by atoms with Crippen molar-refractivity contribution < 1.29 is 14.6 Å². The van der Waals surface area contributed by atoms with E-state index >= 15 is 0 Å². The number of benzene rings is 1. The summed E-state index contributed by atoms with van der Waals surface area (Å²) in [4.78, 5) is 4.24. The molecule has 0 bridgehead atoms. The predicted molar refractivity (Wildman–Crippen MR) is 65.8 cm³/mol. The van der Waals surface area contributed by atoms with Crippen LogP contribution in [0.1, 0.15) is 0 Å². The maximum absolute atomic E-state index is 9.82. The van der Waals surface area contributed by atoms with E-state index in [1.807, 2.05) is 0 Å². The third-order valence-corrected chi connectivity index (χ3v) is 2.59. The average molecular weight is 254 g/mol. The van der Waals surface area contributed by atoms with Crippen molar-refractivity contribution in [2.24, 2.45) is 0 Å². The molecule has 17 heavy (non-hydrogen) atoms. The van der Waals surface area contributed by atoms with Crippen LogP contribution in [-0.4, -0.2) is 30.4 Å². The smallest absolute Gasteiger partial charge is 0.217 e. The average Bonchev–Trinajstić information content (AvgIpc) is 2.31. The summed E-state index contributed by atoms with van der Waals surface area (Å²) in [6, 6.07) is 6.70. The van der Waals surface area contributed by atoms with E-state index in [2.05, 4.69) is 4.98 Å². The van der Waals surface area contributed by atoms with Gasteiger partial charge in [0.1, 0.15) is 12.4 Å². The van der Waals surface area contributed by atoms with Crippen LogP contribution in [0.2, 0.25) is 5.02 Å². The molecule has 2 rings (SSSR count). The third kappa shape index (κ3) is 2.60. The molecule has 0 aliphatic rings. The summed E-state index contributed by atoms with van der Waals surface area (Å²) >= 11 is 6.01. The molecule has 5 heteroatoms. The number of hydrogen-bond donors (Lipinski definition) is 1. The Morgan fingerprint density at radius 1 is 1.35 bits per heavy atom. The Kier molecular flexibility index (Phi) is 3.66. The molecule has 0 saturated carbocycles. The molecule has 0 amide bonds. The van der Waals surface area contributed by atoms with Crippen LogP contribution in [0.3, 0.4) is 0 Å². The lowest BCUT2D eigenvalue weighted by Gasteiger charge is -2.08. The largest absolute Gasteiger partial charge is 0.507 e. The fourth-order valence-corrected chi connectivity index (χ4v) is 1.69. The fraction of sp³-hybridized carbons (Fsp3) is 0.250. The molecule has 0 fully saturated rings. The van der Waals surface area contributed by atoms with Gasteiger partial charge in [-0.1, -0.05) is 17.7 Å². The number of nitrogens with zero attached hydrogens (tertiary/aromatic N) is 1. The highest BCUT2D eigenvalue weighted by atomic mass is 35.5. The van der Waals surface area contributed by atoms with Crippen molar-refractivity contribution in [1.82, 2.24) is 4.98 Å². The lowest BCUT2D eigenvalue weighted by Crippen LogP contribution is -2.05. The van der Waals surface area contributed by atoms with Gasteiger partial charge in [-0.2, -0.15) is 0 Å². The Morgan fingerprint density at radius 3 is 2.94 bits per heavy atom. The van der Waals surface area contributed by atoms with Crippen LogP contribution >= 0.6 is 11.6 Å². The summed E-state index contributed by atoms with van der Waals surface area (Å²) in [5, 5.41) is 10.9. The van der Waals surface area contributed by atoms with Crippen LogP contribution in [0.15, 0.2) is 24.3 Å². The first-order chi connectivity index (χ1) is 8.22. The molecule has 0 radical (unpaired) electrons. The van der Waals surface area contributed by atoms with E-state index in [1.54, 1.807) is 25.3 Å². The maximum Gasteiger partial charge on any atom is 0.217 e. The minimum atomic E-state index is 0.102. The van der Waals surface area contributed by atoms with Gasteiger partial charge in [0.05, 0.1) is 17.1 Å². The van der Waals surface area contributed by atoms with Crippen LogP contribution in [0.5, 0.6) is 11.6 Å². The quantitative estimate of drug-likeness (QED) is 0.851. The highest BCUT2D eigenvalue weighted by Crippen LogP contribution is 2.31. The molecule has 1 aromatic carbocycles. The van der Waals surface area contributed by atoms with Crippen LogP contribution in [0, 0.1) is 0 Å². The van der Waals surface area contributed by atoms with Gasteiger partial charge in [-0.15, -0.1) is 0 Å². The molecule has 0 spiro atoms. The first-order valence-corrected chi connectivity index (χ1v) is 5.50. The van der Waals surface area contributed by atoms with E-state index in [4.69, 9.17) is 21.1 Å². The number of ether oxygens (including phenoxy) is 2. The number of pyridine rings is 1. The normalized spacial score (nSPS) is 10.7. The Morgan fingerprint density at radius 2 is 2.18 bits per heavy atom. The number of para-hydroxylation sites is 1. The summed E-state index contributed by atoms with van der Waals surface area (Å²) < 4.78 is 10.2. The monoisotopic (exact) mass is 253 g/mol. The van der Waals surface area contributed by atoms with Gasteiger partial charge in [0.25, 0.3) is 0 Å². The van der Waals surface area contributed by atoms with E-state index < -0.39 is 0 Å². The molecule has 0 aliphatic heterocycles. The molecule has 0 unspecified atom stereocenters. The molecule has 0 atom stereocenters. The summed E-state index contributed by atoms with van der Waals surface area (Å²) in [5.74, 6) is 0.435. The number of methoxy groups -OCH3 is 1. The van der Waals surface area contributed by atoms with Crippen LogP contribution in [-0.2, 0) is 4.74 Å². The Labute approximate surface area is 104 Å². The van der Waals surface area contributed by atoms with Gasteiger partial charge < -0.3 is 14.6 Å². The van der Waals surface area contributed by atoms with E-state index in [9.17, 15) is 5.11 Å². The molecule has 1 heterocycles. The number of hydrogen-bond acceptors (Lipinski definition) is 4. The molecule has 0 aliphatic carbocycles. The topological polar surface area (TPSA) is 51.6 Å². The summed E-state index contributed by atoms with van der Waals surface area (Å²) in [7, 11) is 1.59. The highest BCUT2D eigenvalue weighted by molar-refractivity contribution is 6.35. The number of aromatic hydroxyl groups is 1. The third-order valence-electron chi connectivity index (χ3n) is 2.28. The van der Waals surface area contributed by atoms with Crippen LogP contribution in [0.25, 0.3) is 10.9 Å². The molecule has 90 valence electrons. The maximum atomic E-state index is 9.82. The molecule has 4 nitrogen and oxygen atoms in total. The summed E-state index contributed by atoms with van der Waals surface area (Å²) in [6.07, 6.45) is 0. The van der Waals surface area contributed by atoms with E-state index in [1.165, 1.54) is 6.07 Å². The van der Waals surface area contributed by atoms with E-state index in [-0.39, 0.29) is 5.75 Å².